The number of amides is 2. The molecule has 1 aromatic carbocycles. The number of nitrogens with one attached hydrogen (secondary N) is 1. The van der Waals surface area contributed by atoms with E-state index in [9.17, 15) is 14.4 Å². The molecular formula is C19H16N4O4S2. The third-order valence-electron chi connectivity index (χ3n) is 4.22. The van der Waals surface area contributed by atoms with Gasteiger partial charge in [-0.2, -0.15) is 0 Å². The zero-order valence-corrected chi connectivity index (χ0v) is 16.7. The maximum atomic E-state index is 13.0. The van der Waals surface area contributed by atoms with Gasteiger partial charge in [0, 0.05) is 12.0 Å². The first-order chi connectivity index (χ1) is 14.1. The van der Waals surface area contributed by atoms with E-state index >= 15 is 0 Å². The molecule has 0 unspecified atom stereocenters. The summed E-state index contributed by atoms with van der Waals surface area (Å²) in [5, 5.41) is 10.4. The van der Waals surface area contributed by atoms with E-state index in [1.165, 1.54) is 22.9 Å². The summed E-state index contributed by atoms with van der Waals surface area (Å²) in [6.07, 6.45) is 1.59. The van der Waals surface area contributed by atoms with Gasteiger partial charge in [-0.1, -0.05) is 53.9 Å². The Morgan fingerprint density at radius 2 is 2.00 bits per heavy atom. The van der Waals surface area contributed by atoms with E-state index in [4.69, 9.17) is 4.42 Å². The van der Waals surface area contributed by atoms with Crippen LogP contribution in [0.2, 0.25) is 0 Å². The number of rotatable bonds is 6. The Labute approximate surface area is 174 Å². The fourth-order valence-electron chi connectivity index (χ4n) is 2.81. The topological polar surface area (TPSA) is 104 Å². The Kier molecular flexibility index (Phi) is 5.81. The van der Waals surface area contributed by atoms with Crippen molar-refractivity contribution in [1.82, 2.24) is 10.2 Å². The Balaban J connectivity index is 1.54. The Hall–Kier alpha value is -2.85. The minimum Gasteiger partial charge on any atom is -0.467 e. The van der Waals surface area contributed by atoms with Gasteiger partial charge in [0.2, 0.25) is 5.91 Å². The van der Waals surface area contributed by atoms with Gasteiger partial charge in [0.05, 0.1) is 23.8 Å². The summed E-state index contributed by atoms with van der Waals surface area (Å²) in [6, 6.07) is 12.4. The van der Waals surface area contributed by atoms with E-state index in [0.29, 0.717) is 28.1 Å². The van der Waals surface area contributed by atoms with Crippen molar-refractivity contribution >= 4 is 51.5 Å². The Bertz CT molecular complexity index is 989. The summed E-state index contributed by atoms with van der Waals surface area (Å²) in [5.41, 5.74) is 0.565. The van der Waals surface area contributed by atoms with Crippen LogP contribution in [-0.2, 0) is 11.3 Å². The third-order valence-corrected chi connectivity index (χ3v) is 6.17. The monoisotopic (exact) mass is 428 g/mol. The summed E-state index contributed by atoms with van der Waals surface area (Å²) in [6.45, 7) is 0.194. The van der Waals surface area contributed by atoms with Gasteiger partial charge in [0.15, 0.2) is 11.0 Å². The van der Waals surface area contributed by atoms with Crippen molar-refractivity contribution in [3.05, 3.63) is 60.1 Å². The molecule has 2 aliphatic rings. The molecule has 2 saturated heterocycles. The third kappa shape index (κ3) is 4.60. The number of Topliss-reactive ketones (excluding diaryl/α,β-unsaturated/α-hetero) is 1. The zero-order chi connectivity index (χ0) is 20.2. The first-order valence-electron chi connectivity index (χ1n) is 8.77. The van der Waals surface area contributed by atoms with Gasteiger partial charge < -0.3 is 9.73 Å². The molecule has 1 N–H and O–H groups in total. The van der Waals surface area contributed by atoms with Gasteiger partial charge in [-0.15, -0.1) is 10.2 Å². The van der Waals surface area contributed by atoms with Gasteiger partial charge >= 0.3 is 0 Å². The minimum atomic E-state index is -0.593. The van der Waals surface area contributed by atoms with Crippen LogP contribution in [0.5, 0.6) is 0 Å². The highest BCUT2D eigenvalue weighted by atomic mass is 32.2. The number of nitrogens with zero attached hydrogens (tertiary/aromatic N) is 3. The van der Waals surface area contributed by atoms with Gasteiger partial charge in [-0.3, -0.25) is 19.3 Å². The zero-order valence-electron chi connectivity index (χ0n) is 15.1. The number of benzene rings is 1. The van der Waals surface area contributed by atoms with Crippen LogP contribution in [0.25, 0.3) is 0 Å². The summed E-state index contributed by atoms with van der Waals surface area (Å²) < 4.78 is 5.35. The number of hydrogen-bond donors (Lipinski definition) is 1. The van der Waals surface area contributed by atoms with Gasteiger partial charge in [0.25, 0.3) is 5.24 Å². The maximum Gasteiger partial charge on any atom is 0.284 e. The van der Waals surface area contributed by atoms with E-state index in [0.717, 1.165) is 11.8 Å². The van der Waals surface area contributed by atoms with Crippen LogP contribution in [0.15, 0.2) is 63.3 Å². The highest BCUT2D eigenvalue weighted by Crippen LogP contribution is 2.32. The number of furan rings is 1. The van der Waals surface area contributed by atoms with E-state index in [-0.39, 0.29) is 29.9 Å². The van der Waals surface area contributed by atoms with Gasteiger partial charge in [-0.05, 0) is 12.1 Å². The van der Waals surface area contributed by atoms with Gasteiger partial charge in [0.1, 0.15) is 11.6 Å². The normalized spacial score (nSPS) is 21.9. The number of thioether (sulfide) groups is 2. The Morgan fingerprint density at radius 3 is 2.69 bits per heavy atom. The molecular weight excluding hydrogens is 412 g/mol. The highest BCUT2D eigenvalue weighted by Gasteiger charge is 2.40. The average molecular weight is 428 g/mol. The quantitative estimate of drug-likeness (QED) is 0.560. The molecule has 10 heteroatoms. The van der Waals surface area contributed by atoms with Crippen LogP contribution in [0.4, 0.5) is 4.79 Å². The highest BCUT2D eigenvalue weighted by molar-refractivity contribution is 8.15. The van der Waals surface area contributed by atoms with Crippen molar-refractivity contribution < 1.29 is 18.8 Å². The van der Waals surface area contributed by atoms with Crippen molar-refractivity contribution in [1.29, 1.82) is 0 Å². The second-order valence-corrected chi connectivity index (χ2v) is 8.35. The van der Waals surface area contributed by atoms with Crippen LogP contribution in [0.3, 0.4) is 0 Å². The second-order valence-electron chi connectivity index (χ2n) is 6.23. The van der Waals surface area contributed by atoms with Crippen LogP contribution in [0, 0.1) is 0 Å². The molecule has 0 radical (unpaired) electrons. The minimum absolute atomic E-state index is 0.0599. The number of amidine groups is 2. The molecule has 0 aliphatic carbocycles. The molecule has 2 aliphatic heterocycles. The number of carbonyl (C=O) groups excluding carboxylic acids is 3. The number of hydrogen-bond acceptors (Lipinski definition) is 8. The first kappa shape index (κ1) is 19.5. The molecule has 8 nitrogen and oxygen atoms in total. The standard InChI is InChI=1S/C19H16N4O4S2/c24-14(12-5-2-1-3-6-12)9-15-17(25)23(10-13-7-4-8-27-13)18(29-15)22-21-16-11-28-19(26)20-16/h1-8,15H,9-11H2,(H,20,21,26)/b22-18+/t15-/m0/s1. The molecule has 0 spiro atoms. The fourth-order valence-corrected chi connectivity index (χ4v) is 4.49. The molecule has 3 heterocycles. The van der Waals surface area contributed by atoms with Crippen LogP contribution in [0.1, 0.15) is 22.5 Å². The Morgan fingerprint density at radius 1 is 1.17 bits per heavy atom. The van der Waals surface area contributed by atoms with Crippen molar-refractivity contribution in [2.75, 3.05) is 5.75 Å². The number of ketones is 1. The van der Waals surface area contributed by atoms with Crippen LogP contribution >= 0.6 is 23.5 Å². The summed E-state index contributed by atoms with van der Waals surface area (Å²) in [7, 11) is 0. The summed E-state index contributed by atoms with van der Waals surface area (Å²) in [5.74, 6) is 1.10. The van der Waals surface area contributed by atoms with Crippen LogP contribution in [-0.4, -0.2) is 43.8 Å². The number of carbonyl (C=O) groups is 3. The van der Waals surface area contributed by atoms with Crippen molar-refractivity contribution in [3.8, 4) is 0 Å². The fraction of sp³-hybridized carbons (Fsp3) is 0.211. The molecule has 1 atom stereocenters. The molecule has 2 fully saturated rings. The molecule has 2 amide bonds. The SMILES string of the molecule is O=C1N/C(=N/N=C2/S[C@@H](CC(=O)c3ccccc3)C(=O)N2Cc2ccco2)CS1. The van der Waals surface area contributed by atoms with E-state index < -0.39 is 5.25 Å². The van der Waals surface area contributed by atoms with Crippen LogP contribution < -0.4 is 5.32 Å². The predicted molar refractivity (Wildman–Crippen MR) is 112 cm³/mol. The molecule has 148 valence electrons. The summed E-state index contributed by atoms with van der Waals surface area (Å²) in [4.78, 5) is 38.3. The van der Waals surface area contributed by atoms with Gasteiger partial charge in [-0.25, -0.2) is 0 Å². The lowest BCUT2D eigenvalue weighted by atomic mass is 10.1. The second kappa shape index (κ2) is 8.66. The lowest BCUT2D eigenvalue weighted by Gasteiger charge is -2.14. The molecule has 4 rings (SSSR count). The average Bonchev–Trinajstić information content (AvgIpc) is 3.45. The first-order valence-corrected chi connectivity index (χ1v) is 10.6. The maximum absolute atomic E-state index is 13.0. The van der Waals surface area contributed by atoms with E-state index in [1.807, 2.05) is 6.07 Å². The van der Waals surface area contributed by atoms with Crippen molar-refractivity contribution in [3.63, 3.8) is 0 Å². The van der Waals surface area contributed by atoms with Crippen molar-refractivity contribution in [2.45, 2.75) is 18.2 Å². The predicted octanol–water partition coefficient (Wildman–Crippen LogP) is 3.12. The molecule has 0 bridgehead atoms. The molecule has 2 aromatic rings. The molecule has 0 saturated carbocycles. The van der Waals surface area contributed by atoms with Crippen molar-refractivity contribution in [2.24, 2.45) is 10.2 Å². The lowest BCUT2D eigenvalue weighted by Crippen LogP contribution is -2.32. The molecule has 1 aromatic heterocycles. The lowest BCUT2D eigenvalue weighted by molar-refractivity contribution is -0.126. The van der Waals surface area contributed by atoms with E-state index in [2.05, 4.69) is 15.5 Å². The molecule has 29 heavy (non-hydrogen) atoms. The largest absolute Gasteiger partial charge is 0.467 e. The van der Waals surface area contributed by atoms with E-state index in [1.54, 1.807) is 36.4 Å². The summed E-state index contributed by atoms with van der Waals surface area (Å²) >= 11 is 2.30. The smallest absolute Gasteiger partial charge is 0.284 e.